The van der Waals surface area contributed by atoms with E-state index in [4.69, 9.17) is 4.42 Å². The van der Waals surface area contributed by atoms with E-state index in [2.05, 4.69) is 9.71 Å². The Hall–Kier alpha value is -2.45. The van der Waals surface area contributed by atoms with Crippen molar-refractivity contribution in [3.05, 3.63) is 70.0 Å². The van der Waals surface area contributed by atoms with Crippen LogP contribution in [0.3, 0.4) is 0 Å². The Kier molecular flexibility index (Phi) is 4.50. The second kappa shape index (κ2) is 6.58. The van der Waals surface area contributed by atoms with Crippen LogP contribution in [0.4, 0.5) is 4.39 Å². The number of aromatic amines is 1. The lowest BCUT2D eigenvalue weighted by atomic mass is 10.1. The number of benzene rings is 2. The second-order valence-corrected chi connectivity index (χ2v) is 7.18. The second-order valence-electron chi connectivity index (χ2n) is 5.37. The van der Waals surface area contributed by atoms with Crippen molar-refractivity contribution in [2.24, 2.45) is 0 Å². The smallest absolute Gasteiger partial charge is 0.408 e. The van der Waals surface area contributed by atoms with E-state index in [1.54, 1.807) is 18.2 Å². The number of aromatic nitrogens is 1. The molecule has 0 amide bonds. The first kappa shape index (κ1) is 16.4. The number of oxazole rings is 1. The van der Waals surface area contributed by atoms with Crippen LogP contribution in [0.1, 0.15) is 11.1 Å². The van der Waals surface area contributed by atoms with Gasteiger partial charge in [0.1, 0.15) is 5.82 Å². The van der Waals surface area contributed by atoms with Crippen molar-refractivity contribution in [3.63, 3.8) is 0 Å². The first-order valence-corrected chi connectivity index (χ1v) is 8.90. The number of fused-ring (bicyclic) bond motifs is 1. The van der Waals surface area contributed by atoms with Gasteiger partial charge in [-0.3, -0.25) is 4.98 Å². The molecule has 24 heavy (non-hydrogen) atoms. The molecule has 0 aliphatic rings. The molecule has 1 aromatic heterocycles. The van der Waals surface area contributed by atoms with Gasteiger partial charge in [-0.05, 0) is 41.8 Å². The molecule has 8 heteroatoms. The van der Waals surface area contributed by atoms with E-state index in [0.717, 1.165) is 5.56 Å². The van der Waals surface area contributed by atoms with Gasteiger partial charge in [-0.25, -0.2) is 22.3 Å². The minimum atomic E-state index is -3.50. The predicted molar refractivity (Wildman–Crippen MR) is 87.6 cm³/mol. The molecular weight excluding hydrogens is 335 g/mol. The summed E-state index contributed by atoms with van der Waals surface area (Å²) >= 11 is 0. The largest absolute Gasteiger partial charge is 0.417 e. The van der Waals surface area contributed by atoms with Gasteiger partial charge in [0, 0.05) is 6.54 Å². The molecule has 6 nitrogen and oxygen atoms in total. The summed E-state index contributed by atoms with van der Waals surface area (Å²) in [6.45, 7) is 0.219. The van der Waals surface area contributed by atoms with Crippen LogP contribution in [0.5, 0.6) is 0 Å². The van der Waals surface area contributed by atoms with Crippen LogP contribution in [-0.4, -0.2) is 19.9 Å². The van der Waals surface area contributed by atoms with Gasteiger partial charge in [0.2, 0.25) is 10.0 Å². The third kappa shape index (κ3) is 4.09. The summed E-state index contributed by atoms with van der Waals surface area (Å²) in [7, 11) is -3.50. The molecule has 0 spiro atoms. The molecule has 0 radical (unpaired) electrons. The van der Waals surface area contributed by atoms with Crippen molar-refractivity contribution in [1.82, 2.24) is 9.71 Å². The van der Waals surface area contributed by atoms with Crippen LogP contribution >= 0.6 is 0 Å². The van der Waals surface area contributed by atoms with Crippen LogP contribution in [-0.2, 0) is 22.2 Å². The van der Waals surface area contributed by atoms with E-state index in [1.165, 1.54) is 24.3 Å². The average Bonchev–Trinajstić information content (AvgIpc) is 2.88. The van der Waals surface area contributed by atoms with Crippen LogP contribution in [0, 0.1) is 5.82 Å². The van der Waals surface area contributed by atoms with Crippen molar-refractivity contribution >= 4 is 21.1 Å². The molecule has 2 aromatic carbocycles. The monoisotopic (exact) mass is 350 g/mol. The third-order valence-corrected chi connectivity index (χ3v) is 4.85. The van der Waals surface area contributed by atoms with Gasteiger partial charge in [-0.15, -0.1) is 0 Å². The number of halogens is 1. The number of rotatable bonds is 6. The topological polar surface area (TPSA) is 92.2 Å². The van der Waals surface area contributed by atoms with Gasteiger partial charge in [0.15, 0.2) is 5.58 Å². The molecule has 0 atom stereocenters. The summed E-state index contributed by atoms with van der Waals surface area (Å²) in [4.78, 5) is 13.7. The molecule has 3 rings (SSSR count). The van der Waals surface area contributed by atoms with Crippen molar-refractivity contribution in [3.8, 4) is 0 Å². The van der Waals surface area contributed by atoms with Gasteiger partial charge in [0.25, 0.3) is 0 Å². The van der Waals surface area contributed by atoms with E-state index in [1.807, 2.05) is 0 Å². The standard InChI is InChI=1S/C16H15FN2O4S/c17-13-4-1-12(2-5-13)10-24(21,22)18-8-7-11-3-6-15-14(9-11)19-16(20)23-15/h1-6,9,18H,7-8,10H2,(H,19,20). The van der Waals surface area contributed by atoms with Gasteiger partial charge in [-0.1, -0.05) is 18.2 Å². The third-order valence-electron chi connectivity index (χ3n) is 3.49. The molecule has 0 aliphatic carbocycles. The molecule has 2 N–H and O–H groups in total. The van der Waals surface area contributed by atoms with Gasteiger partial charge in [-0.2, -0.15) is 0 Å². The van der Waals surface area contributed by atoms with Crippen LogP contribution < -0.4 is 10.5 Å². The number of nitrogens with one attached hydrogen (secondary N) is 2. The fraction of sp³-hybridized carbons (Fsp3) is 0.188. The Morgan fingerprint density at radius 1 is 1.08 bits per heavy atom. The summed E-state index contributed by atoms with van der Waals surface area (Å²) < 4.78 is 44.3. The summed E-state index contributed by atoms with van der Waals surface area (Å²) in [6, 6.07) is 10.5. The zero-order valence-corrected chi connectivity index (χ0v) is 13.4. The average molecular weight is 350 g/mol. The fourth-order valence-corrected chi connectivity index (χ4v) is 3.50. The number of hydrogen-bond donors (Lipinski definition) is 2. The quantitative estimate of drug-likeness (QED) is 0.710. The predicted octanol–water partition coefficient (Wildman–Crippen LogP) is 1.92. The molecule has 1 heterocycles. The lowest BCUT2D eigenvalue weighted by molar-refractivity contribution is 0.555. The van der Waals surface area contributed by atoms with Crippen molar-refractivity contribution in [2.75, 3.05) is 6.54 Å². The fourth-order valence-electron chi connectivity index (χ4n) is 2.36. The lowest BCUT2D eigenvalue weighted by Crippen LogP contribution is -2.27. The molecule has 0 fully saturated rings. The van der Waals surface area contributed by atoms with Crippen LogP contribution in [0.15, 0.2) is 51.7 Å². The molecule has 3 aromatic rings. The van der Waals surface area contributed by atoms with Crippen molar-refractivity contribution in [1.29, 1.82) is 0 Å². The highest BCUT2D eigenvalue weighted by molar-refractivity contribution is 7.88. The van der Waals surface area contributed by atoms with Gasteiger partial charge in [0.05, 0.1) is 11.3 Å². The van der Waals surface area contributed by atoms with Crippen LogP contribution in [0.2, 0.25) is 0 Å². The summed E-state index contributed by atoms with van der Waals surface area (Å²) in [5.74, 6) is -1.14. The van der Waals surface area contributed by atoms with Gasteiger partial charge < -0.3 is 4.42 Å². The maximum absolute atomic E-state index is 12.8. The maximum atomic E-state index is 12.8. The summed E-state index contributed by atoms with van der Waals surface area (Å²) in [5, 5.41) is 0. The molecule has 0 bridgehead atoms. The Bertz CT molecular complexity index is 1010. The normalized spacial score (nSPS) is 11.9. The number of hydrogen-bond acceptors (Lipinski definition) is 4. The molecule has 0 saturated carbocycles. The molecule has 0 unspecified atom stereocenters. The van der Waals surface area contributed by atoms with E-state index >= 15 is 0 Å². The summed E-state index contributed by atoms with van der Waals surface area (Å²) in [6.07, 6.45) is 0.464. The Balaban J connectivity index is 1.59. The first-order valence-electron chi connectivity index (χ1n) is 7.25. The maximum Gasteiger partial charge on any atom is 0.417 e. The SMILES string of the molecule is O=c1[nH]c2cc(CCNS(=O)(=O)Cc3ccc(F)cc3)ccc2o1. The molecular formula is C16H15FN2O4S. The highest BCUT2D eigenvalue weighted by atomic mass is 32.2. The van der Waals surface area contributed by atoms with Crippen LogP contribution in [0.25, 0.3) is 11.1 Å². The minimum Gasteiger partial charge on any atom is -0.408 e. The highest BCUT2D eigenvalue weighted by Crippen LogP contribution is 2.12. The van der Waals surface area contributed by atoms with Crippen molar-refractivity contribution < 1.29 is 17.2 Å². The Labute approximate surface area is 137 Å². The number of H-pyrrole nitrogens is 1. The Morgan fingerprint density at radius 3 is 2.54 bits per heavy atom. The minimum absolute atomic E-state index is 0.207. The summed E-state index contributed by atoms with van der Waals surface area (Å²) in [5.41, 5.74) is 2.41. The molecule has 126 valence electrons. The Morgan fingerprint density at radius 2 is 1.79 bits per heavy atom. The highest BCUT2D eigenvalue weighted by Gasteiger charge is 2.11. The van der Waals surface area contributed by atoms with Crippen molar-refractivity contribution in [2.45, 2.75) is 12.2 Å². The van der Waals surface area contributed by atoms with E-state index in [0.29, 0.717) is 23.1 Å². The first-order chi connectivity index (χ1) is 11.4. The van der Waals surface area contributed by atoms with E-state index in [-0.39, 0.29) is 12.3 Å². The zero-order valence-electron chi connectivity index (χ0n) is 12.6. The van der Waals surface area contributed by atoms with E-state index < -0.39 is 21.6 Å². The van der Waals surface area contributed by atoms with E-state index in [9.17, 15) is 17.6 Å². The zero-order chi connectivity index (χ0) is 17.2. The number of sulfonamides is 1. The van der Waals surface area contributed by atoms with Gasteiger partial charge >= 0.3 is 5.76 Å². The molecule has 0 saturated heterocycles. The molecule has 0 aliphatic heterocycles. The lowest BCUT2D eigenvalue weighted by Gasteiger charge is -2.07.